The van der Waals surface area contributed by atoms with Crippen molar-refractivity contribution in [3.8, 4) is 0 Å². The van der Waals surface area contributed by atoms with E-state index >= 15 is 0 Å². The number of amides is 2. The summed E-state index contributed by atoms with van der Waals surface area (Å²) in [6, 6.07) is 12.6. The van der Waals surface area contributed by atoms with Gasteiger partial charge in [0.2, 0.25) is 11.8 Å². The Bertz CT molecular complexity index is 1390. The van der Waals surface area contributed by atoms with E-state index in [-0.39, 0.29) is 23.0 Å². The van der Waals surface area contributed by atoms with Gasteiger partial charge in [0.15, 0.2) is 0 Å². The van der Waals surface area contributed by atoms with Crippen LogP contribution in [0.4, 0.5) is 0 Å². The minimum atomic E-state index is -0.345. The third-order valence-corrected chi connectivity index (χ3v) is 9.66. The Labute approximate surface area is 223 Å². The number of carbonyl (C=O) groups is 2. The van der Waals surface area contributed by atoms with E-state index in [9.17, 15) is 9.59 Å². The van der Waals surface area contributed by atoms with E-state index in [0.717, 1.165) is 68.6 Å². The fourth-order valence-electron chi connectivity index (χ4n) is 6.54. The maximum atomic E-state index is 13.5. The van der Waals surface area contributed by atoms with Gasteiger partial charge in [-0.05, 0) is 96.7 Å². The van der Waals surface area contributed by atoms with Gasteiger partial charge in [-0.1, -0.05) is 42.8 Å². The molecule has 1 atom stereocenters. The smallest absolute Gasteiger partial charge is 0.244 e. The molecule has 2 saturated carbocycles. The second kappa shape index (κ2) is 8.18. The molecule has 1 unspecified atom stereocenters. The van der Waals surface area contributed by atoms with Crippen molar-refractivity contribution in [3.05, 3.63) is 64.2 Å². The lowest BCUT2D eigenvalue weighted by atomic mass is 9.87. The Hall–Kier alpha value is -2.63. The van der Waals surface area contributed by atoms with Crippen LogP contribution >= 0.6 is 11.6 Å². The molecule has 0 aromatic heterocycles. The second-order valence-electron chi connectivity index (χ2n) is 12.3. The number of likely N-dealkylation sites (tertiary alicyclic amines) is 1. The molecule has 2 saturated heterocycles. The summed E-state index contributed by atoms with van der Waals surface area (Å²) in [6.07, 6.45) is 8.09. The standard InChI is InChI=1S/C31H34ClN3O2/c1-19-13-21(22-3-4-24-15-25(32)7-5-23(24)14-22)6-8-26(19)27-33-31(11-12-31)29(37)35(27)18-20-16-34(17-20)28(36)30(2)9-10-30/h3-5,7,13-15,20,27,33H,6,8-12,16-18H2,1-2H3. The van der Waals surface area contributed by atoms with Gasteiger partial charge in [-0.3, -0.25) is 14.9 Å². The third kappa shape index (κ3) is 3.93. The molecule has 7 rings (SSSR count). The van der Waals surface area contributed by atoms with Crippen molar-refractivity contribution in [3.63, 3.8) is 0 Å². The minimum absolute atomic E-state index is 0.0303. The van der Waals surface area contributed by atoms with Crippen molar-refractivity contribution in [2.75, 3.05) is 19.6 Å². The van der Waals surface area contributed by atoms with Crippen LogP contribution in [0.15, 0.2) is 53.6 Å². The molecule has 3 aliphatic carbocycles. The summed E-state index contributed by atoms with van der Waals surface area (Å²) in [5.74, 6) is 0.944. The number of nitrogens with zero attached hydrogens (tertiary/aromatic N) is 2. The predicted octanol–water partition coefficient (Wildman–Crippen LogP) is 5.54. The van der Waals surface area contributed by atoms with Crippen LogP contribution < -0.4 is 5.32 Å². The molecule has 1 N–H and O–H groups in total. The normalized spacial score (nSPS) is 26.1. The molecule has 1 spiro atoms. The highest BCUT2D eigenvalue weighted by Crippen LogP contribution is 2.48. The van der Waals surface area contributed by atoms with E-state index < -0.39 is 0 Å². The Morgan fingerprint density at radius 3 is 2.49 bits per heavy atom. The highest BCUT2D eigenvalue weighted by Gasteiger charge is 2.60. The molecular formula is C31H34ClN3O2. The molecule has 4 fully saturated rings. The highest BCUT2D eigenvalue weighted by molar-refractivity contribution is 6.31. The first kappa shape index (κ1) is 23.5. The van der Waals surface area contributed by atoms with Crippen LogP contribution in [0.2, 0.25) is 5.02 Å². The fraction of sp³-hybridized carbons (Fsp3) is 0.484. The molecule has 6 heteroatoms. The molecule has 0 bridgehead atoms. The van der Waals surface area contributed by atoms with Gasteiger partial charge in [-0.15, -0.1) is 0 Å². The topological polar surface area (TPSA) is 52.7 Å². The van der Waals surface area contributed by atoms with Gasteiger partial charge in [0.1, 0.15) is 11.7 Å². The molecule has 2 amide bonds. The molecule has 5 nitrogen and oxygen atoms in total. The van der Waals surface area contributed by atoms with Gasteiger partial charge in [0, 0.05) is 36.0 Å². The molecule has 2 heterocycles. The lowest BCUT2D eigenvalue weighted by Gasteiger charge is -2.43. The molecule has 192 valence electrons. The number of hydrogen-bond donors (Lipinski definition) is 1. The van der Waals surface area contributed by atoms with Crippen LogP contribution in [0.1, 0.15) is 57.9 Å². The predicted molar refractivity (Wildman–Crippen MR) is 147 cm³/mol. The van der Waals surface area contributed by atoms with Crippen molar-refractivity contribution >= 4 is 39.8 Å². The van der Waals surface area contributed by atoms with Crippen molar-refractivity contribution in [1.29, 1.82) is 0 Å². The third-order valence-electron chi connectivity index (χ3n) is 9.42. The number of fused-ring (bicyclic) bond motifs is 1. The van der Waals surface area contributed by atoms with Crippen LogP contribution in [0.25, 0.3) is 16.3 Å². The quantitative estimate of drug-likeness (QED) is 0.569. The number of hydrogen-bond acceptors (Lipinski definition) is 3. The van der Waals surface area contributed by atoms with E-state index in [0.29, 0.717) is 11.8 Å². The zero-order valence-electron chi connectivity index (χ0n) is 21.6. The maximum Gasteiger partial charge on any atom is 0.244 e. The zero-order chi connectivity index (χ0) is 25.5. The van der Waals surface area contributed by atoms with Gasteiger partial charge >= 0.3 is 0 Å². The van der Waals surface area contributed by atoms with Crippen molar-refractivity contribution in [2.24, 2.45) is 11.3 Å². The van der Waals surface area contributed by atoms with Crippen molar-refractivity contribution < 1.29 is 9.59 Å². The maximum absolute atomic E-state index is 13.5. The number of allylic oxidation sites excluding steroid dienone is 3. The summed E-state index contributed by atoms with van der Waals surface area (Å²) in [4.78, 5) is 30.3. The molecule has 0 radical (unpaired) electrons. The number of nitrogens with one attached hydrogen (secondary N) is 1. The fourth-order valence-corrected chi connectivity index (χ4v) is 6.72. The van der Waals surface area contributed by atoms with E-state index in [2.05, 4.69) is 54.4 Å². The largest absolute Gasteiger partial charge is 0.341 e. The highest BCUT2D eigenvalue weighted by atomic mass is 35.5. The molecule has 37 heavy (non-hydrogen) atoms. The van der Waals surface area contributed by atoms with Crippen LogP contribution in [0.3, 0.4) is 0 Å². The van der Waals surface area contributed by atoms with E-state index in [4.69, 9.17) is 11.6 Å². The monoisotopic (exact) mass is 515 g/mol. The molecular weight excluding hydrogens is 482 g/mol. The number of benzene rings is 2. The number of halogens is 1. The lowest BCUT2D eigenvalue weighted by Crippen LogP contribution is -2.57. The summed E-state index contributed by atoms with van der Waals surface area (Å²) in [5.41, 5.74) is 4.74. The Morgan fingerprint density at radius 1 is 1.05 bits per heavy atom. The van der Waals surface area contributed by atoms with E-state index in [1.807, 2.05) is 17.0 Å². The molecule has 2 aromatic carbocycles. The van der Waals surface area contributed by atoms with Crippen molar-refractivity contribution in [2.45, 2.75) is 64.1 Å². The summed E-state index contributed by atoms with van der Waals surface area (Å²) >= 11 is 6.17. The van der Waals surface area contributed by atoms with Gasteiger partial charge in [-0.25, -0.2) is 0 Å². The van der Waals surface area contributed by atoms with Gasteiger partial charge in [0.05, 0.1) is 0 Å². The zero-order valence-corrected chi connectivity index (χ0v) is 22.4. The Balaban J connectivity index is 1.11. The second-order valence-corrected chi connectivity index (χ2v) is 12.7. The average Bonchev–Trinajstić information content (AvgIpc) is 3.78. The van der Waals surface area contributed by atoms with Crippen molar-refractivity contribution in [1.82, 2.24) is 15.1 Å². The number of carbonyl (C=O) groups excluding carboxylic acids is 2. The Morgan fingerprint density at radius 2 is 1.78 bits per heavy atom. The molecule has 5 aliphatic rings. The first-order chi connectivity index (χ1) is 17.7. The van der Waals surface area contributed by atoms with Crippen LogP contribution in [-0.4, -0.2) is 53.0 Å². The lowest BCUT2D eigenvalue weighted by molar-refractivity contribution is -0.144. The number of rotatable bonds is 5. The van der Waals surface area contributed by atoms with Gasteiger partial charge < -0.3 is 9.80 Å². The summed E-state index contributed by atoms with van der Waals surface area (Å²) in [6.45, 7) is 6.58. The molecule has 2 aliphatic heterocycles. The summed E-state index contributed by atoms with van der Waals surface area (Å²) in [5, 5.41) is 6.86. The van der Waals surface area contributed by atoms with E-state index in [1.54, 1.807) is 0 Å². The average molecular weight is 516 g/mol. The SMILES string of the molecule is CC1=C(C2NC3(CC3)C(=O)N2CC2CN(C(=O)C3(C)CC3)C2)CCC(c2ccc3cc(Cl)ccc3c2)=C1. The van der Waals surface area contributed by atoms with Crippen LogP contribution in [0.5, 0.6) is 0 Å². The van der Waals surface area contributed by atoms with Gasteiger partial charge in [-0.2, -0.15) is 0 Å². The Kier molecular flexibility index (Phi) is 5.19. The first-order valence-electron chi connectivity index (χ1n) is 13.7. The van der Waals surface area contributed by atoms with Crippen LogP contribution in [0, 0.1) is 11.3 Å². The van der Waals surface area contributed by atoms with E-state index in [1.165, 1.54) is 27.7 Å². The first-order valence-corrected chi connectivity index (χ1v) is 14.1. The van der Waals surface area contributed by atoms with Crippen LogP contribution in [-0.2, 0) is 9.59 Å². The van der Waals surface area contributed by atoms with Gasteiger partial charge in [0.25, 0.3) is 0 Å². The summed E-state index contributed by atoms with van der Waals surface area (Å²) < 4.78 is 0. The molecule has 2 aromatic rings. The minimum Gasteiger partial charge on any atom is -0.341 e. The summed E-state index contributed by atoms with van der Waals surface area (Å²) in [7, 11) is 0.